The van der Waals surface area contributed by atoms with Crippen LogP contribution in [0.25, 0.3) is 0 Å². The molecular formula is C17H25N3. The summed E-state index contributed by atoms with van der Waals surface area (Å²) in [5, 5.41) is 3.52. The van der Waals surface area contributed by atoms with Crippen molar-refractivity contribution in [2.75, 3.05) is 19.0 Å². The Morgan fingerprint density at radius 2 is 1.80 bits per heavy atom. The molecule has 108 valence electrons. The predicted molar refractivity (Wildman–Crippen MR) is 86.0 cm³/mol. The van der Waals surface area contributed by atoms with Gasteiger partial charge in [-0.2, -0.15) is 0 Å². The number of anilines is 1. The van der Waals surface area contributed by atoms with E-state index in [1.165, 1.54) is 23.4 Å². The maximum atomic E-state index is 3.52. The molecule has 0 atom stereocenters. The molecule has 2 aromatic rings. The summed E-state index contributed by atoms with van der Waals surface area (Å²) >= 11 is 0. The fourth-order valence-electron chi connectivity index (χ4n) is 2.32. The van der Waals surface area contributed by atoms with Gasteiger partial charge >= 0.3 is 0 Å². The van der Waals surface area contributed by atoms with E-state index in [1.54, 1.807) is 0 Å². The average Bonchev–Trinajstić information content (AvgIpc) is 2.87. The first-order valence-electron chi connectivity index (χ1n) is 7.31. The van der Waals surface area contributed by atoms with Crippen LogP contribution in [0, 0.1) is 0 Å². The third-order valence-corrected chi connectivity index (χ3v) is 3.48. The standard InChI is InChI=1S/C17H25N3/c1-4-11-20-12-5-6-17(20)14-18-13-15-7-9-16(10-8-15)19(2)3/h5-10,12,18H,4,11,13-14H2,1-3H3. The quantitative estimate of drug-likeness (QED) is 0.834. The number of benzene rings is 1. The average molecular weight is 271 g/mol. The minimum Gasteiger partial charge on any atom is -0.378 e. The molecule has 1 aromatic carbocycles. The van der Waals surface area contributed by atoms with E-state index in [1.807, 2.05) is 0 Å². The Bertz CT molecular complexity index is 511. The molecule has 1 N–H and O–H groups in total. The second kappa shape index (κ2) is 7.15. The van der Waals surface area contributed by atoms with Gasteiger partial charge in [0.25, 0.3) is 0 Å². The molecule has 0 unspecified atom stereocenters. The molecule has 0 aliphatic rings. The van der Waals surface area contributed by atoms with E-state index in [0.717, 1.165) is 19.6 Å². The first-order valence-corrected chi connectivity index (χ1v) is 7.31. The molecule has 0 aliphatic carbocycles. The highest BCUT2D eigenvalue weighted by Gasteiger charge is 2.00. The summed E-state index contributed by atoms with van der Waals surface area (Å²) in [4.78, 5) is 2.12. The van der Waals surface area contributed by atoms with Gasteiger partial charge in [0.05, 0.1) is 0 Å². The first kappa shape index (κ1) is 14.7. The van der Waals surface area contributed by atoms with Crippen LogP contribution >= 0.6 is 0 Å². The highest BCUT2D eigenvalue weighted by atomic mass is 15.1. The molecule has 1 aromatic heterocycles. The summed E-state index contributed by atoms with van der Waals surface area (Å²) in [6, 6.07) is 13.0. The van der Waals surface area contributed by atoms with Crippen LogP contribution in [0.1, 0.15) is 24.6 Å². The maximum Gasteiger partial charge on any atom is 0.0362 e. The summed E-state index contributed by atoms with van der Waals surface area (Å²) in [7, 11) is 4.13. The van der Waals surface area contributed by atoms with Gasteiger partial charge < -0.3 is 14.8 Å². The molecule has 0 fully saturated rings. The van der Waals surface area contributed by atoms with Crippen molar-refractivity contribution >= 4 is 5.69 Å². The molecule has 3 nitrogen and oxygen atoms in total. The Hall–Kier alpha value is -1.74. The molecule has 0 radical (unpaired) electrons. The highest BCUT2D eigenvalue weighted by Crippen LogP contribution is 2.12. The number of aromatic nitrogens is 1. The monoisotopic (exact) mass is 271 g/mol. The van der Waals surface area contributed by atoms with Gasteiger partial charge in [-0.3, -0.25) is 0 Å². The zero-order valence-corrected chi connectivity index (χ0v) is 12.8. The van der Waals surface area contributed by atoms with E-state index in [2.05, 4.69) is 78.4 Å². The SMILES string of the molecule is CCCn1cccc1CNCc1ccc(N(C)C)cc1. The van der Waals surface area contributed by atoms with Crippen LogP contribution in [-0.2, 0) is 19.6 Å². The van der Waals surface area contributed by atoms with Crippen LogP contribution in [0.2, 0.25) is 0 Å². The van der Waals surface area contributed by atoms with Crippen molar-refractivity contribution in [1.82, 2.24) is 9.88 Å². The van der Waals surface area contributed by atoms with Crippen LogP contribution in [0.4, 0.5) is 5.69 Å². The van der Waals surface area contributed by atoms with E-state index in [0.29, 0.717) is 0 Å². The van der Waals surface area contributed by atoms with E-state index in [4.69, 9.17) is 0 Å². The highest BCUT2D eigenvalue weighted by molar-refractivity contribution is 5.45. The minimum atomic E-state index is 0.908. The minimum absolute atomic E-state index is 0.908. The van der Waals surface area contributed by atoms with E-state index >= 15 is 0 Å². The molecule has 0 aliphatic heterocycles. The molecule has 0 saturated carbocycles. The lowest BCUT2D eigenvalue weighted by Crippen LogP contribution is -2.16. The van der Waals surface area contributed by atoms with Crippen molar-refractivity contribution < 1.29 is 0 Å². The number of hydrogen-bond donors (Lipinski definition) is 1. The summed E-state index contributed by atoms with van der Waals surface area (Å²) < 4.78 is 2.32. The van der Waals surface area contributed by atoms with Crippen LogP contribution < -0.4 is 10.2 Å². The van der Waals surface area contributed by atoms with Crippen LogP contribution in [0.5, 0.6) is 0 Å². The lowest BCUT2D eigenvalue weighted by molar-refractivity contribution is 0.602. The van der Waals surface area contributed by atoms with E-state index in [-0.39, 0.29) is 0 Å². The van der Waals surface area contributed by atoms with Gasteiger partial charge in [0, 0.05) is 51.3 Å². The molecule has 2 rings (SSSR count). The molecule has 20 heavy (non-hydrogen) atoms. The Balaban J connectivity index is 1.84. The third-order valence-electron chi connectivity index (χ3n) is 3.48. The largest absolute Gasteiger partial charge is 0.378 e. The van der Waals surface area contributed by atoms with Gasteiger partial charge in [-0.25, -0.2) is 0 Å². The molecule has 0 amide bonds. The van der Waals surface area contributed by atoms with Gasteiger partial charge in [-0.05, 0) is 36.2 Å². The summed E-state index contributed by atoms with van der Waals surface area (Å²) in [5.41, 5.74) is 3.92. The Labute approximate surface area is 122 Å². The number of aryl methyl sites for hydroxylation is 1. The number of hydrogen-bond acceptors (Lipinski definition) is 2. The number of nitrogens with zero attached hydrogens (tertiary/aromatic N) is 2. The first-order chi connectivity index (χ1) is 9.70. The van der Waals surface area contributed by atoms with Gasteiger partial charge in [-0.15, -0.1) is 0 Å². The predicted octanol–water partition coefficient (Wildman–Crippen LogP) is 3.25. The van der Waals surface area contributed by atoms with Crippen LogP contribution in [0.15, 0.2) is 42.6 Å². The number of nitrogens with one attached hydrogen (secondary N) is 1. The summed E-state index contributed by atoms with van der Waals surface area (Å²) in [6.45, 7) is 5.14. The zero-order valence-electron chi connectivity index (χ0n) is 12.8. The summed E-state index contributed by atoms with van der Waals surface area (Å²) in [6.07, 6.45) is 3.33. The van der Waals surface area contributed by atoms with E-state index < -0.39 is 0 Å². The second-order valence-corrected chi connectivity index (χ2v) is 5.36. The van der Waals surface area contributed by atoms with Crippen LogP contribution in [0.3, 0.4) is 0 Å². The number of rotatable bonds is 7. The third kappa shape index (κ3) is 3.87. The molecule has 1 heterocycles. The van der Waals surface area contributed by atoms with Gasteiger partial charge in [0.15, 0.2) is 0 Å². The topological polar surface area (TPSA) is 20.2 Å². The van der Waals surface area contributed by atoms with E-state index in [9.17, 15) is 0 Å². The Morgan fingerprint density at radius 3 is 2.45 bits per heavy atom. The van der Waals surface area contributed by atoms with Crippen molar-refractivity contribution in [1.29, 1.82) is 0 Å². The summed E-state index contributed by atoms with van der Waals surface area (Å²) in [5.74, 6) is 0. The lowest BCUT2D eigenvalue weighted by atomic mass is 10.2. The second-order valence-electron chi connectivity index (χ2n) is 5.36. The fourth-order valence-corrected chi connectivity index (χ4v) is 2.32. The molecule has 0 bridgehead atoms. The van der Waals surface area contributed by atoms with Crippen LogP contribution in [-0.4, -0.2) is 18.7 Å². The normalized spacial score (nSPS) is 10.8. The van der Waals surface area contributed by atoms with Crippen molar-refractivity contribution in [3.63, 3.8) is 0 Å². The van der Waals surface area contributed by atoms with Gasteiger partial charge in [-0.1, -0.05) is 19.1 Å². The zero-order chi connectivity index (χ0) is 14.4. The fraction of sp³-hybridized carbons (Fsp3) is 0.412. The Kier molecular flexibility index (Phi) is 5.24. The molecular weight excluding hydrogens is 246 g/mol. The van der Waals surface area contributed by atoms with Gasteiger partial charge in [0.2, 0.25) is 0 Å². The molecule has 0 saturated heterocycles. The van der Waals surface area contributed by atoms with Crippen molar-refractivity contribution in [3.05, 3.63) is 53.9 Å². The maximum absolute atomic E-state index is 3.52. The molecule has 0 spiro atoms. The molecule has 3 heteroatoms. The van der Waals surface area contributed by atoms with Crippen molar-refractivity contribution in [2.24, 2.45) is 0 Å². The lowest BCUT2D eigenvalue weighted by Gasteiger charge is -2.13. The smallest absolute Gasteiger partial charge is 0.0362 e. The van der Waals surface area contributed by atoms with Gasteiger partial charge in [0.1, 0.15) is 0 Å². The van der Waals surface area contributed by atoms with Crippen molar-refractivity contribution in [2.45, 2.75) is 33.0 Å². The Morgan fingerprint density at radius 1 is 1.05 bits per heavy atom. The van der Waals surface area contributed by atoms with Crippen molar-refractivity contribution in [3.8, 4) is 0 Å².